The van der Waals surface area contributed by atoms with Crippen LogP contribution in [0, 0.1) is 5.82 Å². The fourth-order valence-corrected chi connectivity index (χ4v) is 2.95. The summed E-state index contributed by atoms with van der Waals surface area (Å²) in [5, 5.41) is 2.77. The van der Waals surface area contributed by atoms with E-state index in [4.69, 9.17) is 0 Å². The molecule has 0 aromatic heterocycles. The van der Waals surface area contributed by atoms with E-state index in [1.54, 1.807) is 41.3 Å². The molecule has 2 amide bonds. The lowest BCUT2D eigenvalue weighted by Gasteiger charge is -2.19. The van der Waals surface area contributed by atoms with E-state index in [1.807, 2.05) is 13.8 Å². The van der Waals surface area contributed by atoms with Crippen molar-refractivity contribution in [2.45, 2.75) is 26.7 Å². The predicted octanol–water partition coefficient (Wildman–Crippen LogP) is 4.64. The van der Waals surface area contributed by atoms with E-state index in [1.165, 1.54) is 6.07 Å². The quantitative estimate of drug-likeness (QED) is 0.708. The Morgan fingerprint density at radius 1 is 1.12 bits per heavy atom. The number of nitrogens with zero attached hydrogens (tertiary/aromatic N) is 1. The van der Waals surface area contributed by atoms with Gasteiger partial charge in [-0.25, -0.2) is 4.39 Å². The minimum atomic E-state index is -0.334. The van der Waals surface area contributed by atoms with Gasteiger partial charge in [-0.2, -0.15) is 0 Å². The van der Waals surface area contributed by atoms with Gasteiger partial charge >= 0.3 is 0 Å². The first kappa shape index (κ1) is 20.1. The molecular formula is C20H22BrFN2O2. The van der Waals surface area contributed by atoms with Crippen LogP contribution in [0.5, 0.6) is 0 Å². The Balaban J connectivity index is 1.98. The third kappa shape index (κ3) is 5.39. The normalized spacial score (nSPS) is 10.5. The second kappa shape index (κ2) is 9.48. The molecule has 0 heterocycles. The Morgan fingerprint density at radius 2 is 1.85 bits per heavy atom. The van der Waals surface area contributed by atoms with Gasteiger partial charge in [0.15, 0.2) is 0 Å². The summed E-state index contributed by atoms with van der Waals surface area (Å²) < 4.78 is 14.5. The van der Waals surface area contributed by atoms with Gasteiger partial charge in [-0.05, 0) is 56.2 Å². The molecule has 6 heteroatoms. The number of halogens is 2. The molecule has 0 radical (unpaired) electrons. The lowest BCUT2D eigenvalue weighted by Crippen LogP contribution is -2.30. The van der Waals surface area contributed by atoms with Crippen molar-refractivity contribution in [2.75, 3.05) is 18.4 Å². The number of hydrogen-bond donors (Lipinski definition) is 1. The number of amides is 2. The third-order valence-electron chi connectivity index (χ3n) is 4.08. The Morgan fingerprint density at radius 3 is 2.50 bits per heavy atom. The monoisotopic (exact) mass is 420 g/mol. The molecule has 26 heavy (non-hydrogen) atoms. The maximum absolute atomic E-state index is 13.8. The van der Waals surface area contributed by atoms with E-state index in [0.717, 1.165) is 0 Å². The lowest BCUT2D eigenvalue weighted by atomic mass is 10.1. The number of benzene rings is 2. The van der Waals surface area contributed by atoms with Gasteiger partial charge in [-0.3, -0.25) is 9.59 Å². The van der Waals surface area contributed by atoms with Crippen LogP contribution in [0.25, 0.3) is 0 Å². The minimum absolute atomic E-state index is 0.0666. The molecule has 0 fully saturated rings. The van der Waals surface area contributed by atoms with Crippen LogP contribution in [0.1, 0.15) is 36.2 Å². The van der Waals surface area contributed by atoms with Crippen LogP contribution >= 0.6 is 15.9 Å². The number of carbonyl (C=O) groups excluding carboxylic acids is 2. The Labute approximate surface area is 161 Å². The summed E-state index contributed by atoms with van der Waals surface area (Å²) in [5.74, 6) is -0.623. The largest absolute Gasteiger partial charge is 0.339 e. The molecular weight excluding hydrogens is 399 g/mol. The zero-order valence-corrected chi connectivity index (χ0v) is 16.5. The standard InChI is InChI=1S/C20H22BrFN2O2/c1-3-24(4-2)20(26)15-6-5-7-17(12-15)23-19(25)11-9-14-8-10-16(21)13-18(14)22/h5-8,10,12-13H,3-4,9,11H2,1-2H3,(H,23,25). The molecule has 0 atom stereocenters. The molecule has 1 N–H and O–H groups in total. The fraction of sp³-hybridized carbons (Fsp3) is 0.300. The second-order valence-electron chi connectivity index (χ2n) is 5.84. The SMILES string of the molecule is CCN(CC)C(=O)c1cccc(NC(=O)CCc2ccc(Br)cc2F)c1. The van der Waals surface area contributed by atoms with Gasteiger partial charge in [-0.1, -0.05) is 28.1 Å². The van der Waals surface area contributed by atoms with E-state index in [-0.39, 0.29) is 24.1 Å². The summed E-state index contributed by atoms with van der Waals surface area (Å²) in [6.07, 6.45) is 0.468. The Hall–Kier alpha value is -2.21. The molecule has 0 spiro atoms. The molecule has 0 unspecified atom stereocenters. The second-order valence-corrected chi connectivity index (χ2v) is 6.76. The maximum Gasteiger partial charge on any atom is 0.253 e. The fourth-order valence-electron chi connectivity index (χ4n) is 2.62. The van der Waals surface area contributed by atoms with Crippen molar-refractivity contribution < 1.29 is 14.0 Å². The molecule has 0 saturated heterocycles. The highest BCUT2D eigenvalue weighted by Crippen LogP contribution is 2.17. The highest BCUT2D eigenvalue weighted by Gasteiger charge is 2.13. The summed E-state index contributed by atoms with van der Waals surface area (Å²) in [6.45, 7) is 5.11. The molecule has 0 saturated carbocycles. The van der Waals surface area contributed by atoms with Crippen LogP contribution in [0.4, 0.5) is 10.1 Å². The van der Waals surface area contributed by atoms with Crippen molar-refractivity contribution in [1.29, 1.82) is 0 Å². The van der Waals surface area contributed by atoms with Crippen LogP contribution < -0.4 is 5.32 Å². The molecule has 2 rings (SSSR count). The first-order chi connectivity index (χ1) is 12.4. The van der Waals surface area contributed by atoms with Crippen molar-refractivity contribution in [1.82, 2.24) is 4.90 Å². The topological polar surface area (TPSA) is 49.4 Å². The van der Waals surface area contributed by atoms with Crippen LogP contribution in [0.2, 0.25) is 0 Å². The van der Waals surface area contributed by atoms with E-state index >= 15 is 0 Å². The van der Waals surface area contributed by atoms with Crippen molar-refractivity contribution in [3.63, 3.8) is 0 Å². The zero-order valence-electron chi connectivity index (χ0n) is 14.9. The molecule has 0 aliphatic heterocycles. The number of anilines is 1. The van der Waals surface area contributed by atoms with Crippen molar-refractivity contribution in [3.8, 4) is 0 Å². The number of nitrogens with one attached hydrogen (secondary N) is 1. The molecule has 0 bridgehead atoms. The predicted molar refractivity (Wildman–Crippen MR) is 105 cm³/mol. The Bertz CT molecular complexity index is 791. The van der Waals surface area contributed by atoms with E-state index in [9.17, 15) is 14.0 Å². The van der Waals surface area contributed by atoms with Gasteiger partial charge in [0.2, 0.25) is 5.91 Å². The molecule has 0 aliphatic rings. The van der Waals surface area contributed by atoms with E-state index < -0.39 is 0 Å². The smallest absolute Gasteiger partial charge is 0.253 e. The van der Waals surface area contributed by atoms with Gasteiger partial charge in [0, 0.05) is 35.2 Å². The molecule has 2 aromatic rings. The molecule has 4 nitrogen and oxygen atoms in total. The molecule has 2 aromatic carbocycles. The average molecular weight is 421 g/mol. The number of rotatable bonds is 7. The first-order valence-corrected chi connectivity index (χ1v) is 9.37. The summed E-state index contributed by atoms with van der Waals surface area (Å²) in [7, 11) is 0. The van der Waals surface area contributed by atoms with Gasteiger partial charge in [0.05, 0.1) is 0 Å². The van der Waals surface area contributed by atoms with Gasteiger partial charge in [0.25, 0.3) is 5.91 Å². The van der Waals surface area contributed by atoms with Crippen LogP contribution in [-0.4, -0.2) is 29.8 Å². The van der Waals surface area contributed by atoms with Crippen molar-refractivity contribution in [3.05, 3.63) is 63.9 Å². The summed E-state index contributed by atoms with van der Waals surface area (Å²) >= 11 is 3.21. The number of aryl methyl sites for hydroxylation is 1. The highest BCUT2D eigenvalue weighted by molar-refractivity contribution is 9.10. The van der Waals surface area contributed by atoms with E-state index in [2.05, 4.69) is 21.2 Å². The highest BCUT2D eigenvalue weighted by atomic mass is 79.9. The molecule has 138 valence electrons. The van der Waals surface area contributed by atoms with Crippen molar-refractivity contribution in [2.24, 2.45) is 0 Å². The number of hydrogen-bond acceptors (Lipinski definition) is 2. The van der Waals surface area contributed by atoms with Crippen LogP contribution in [0.15, 0.2) is 46.9 Å². The lowest BCUT2D eigenvalue weighted by molar-refractivity contribution is -0.116. The third-order valence-corrected chi connectivity index (χ3v) is 4.57. The van der Waals surface area contributed by atoms with Gasteiger partial charge in [0.1, 0.15) is 5.82 Å². The van der Waals surface area contributed by atoms with E-state index in [0.29, 0.717) is 40.8 Å². The number of carbonyl (C=O) groups is 2. The zero-order chi connectivity index (χ0) is 19.1. The minimum Gasteiger partial charge on any atom is -0.339 e. The maximum atomic E-state index is 13.8. The van der Waals surface area contributed by atoms with Gasteiger partial charge < -0.3 is 10.2 Å². The summed E-state index contributed by atoms with van der Waals surface area (Å²) in [4.78, 5) is 26.3. The van der Waals surface area contributed by atoms with Crippen LogP contribution in [-0.2, 0) is 11.2 Å². The average Bonchev–Trinajstić information content (AvgIpc) is 2.62. The van der Waals surface area contributed by atoms with Crippen molar-refractivity contribution >= 4 is 33.4 Å². The Kier molecular flexibility index (Phi) is 7.33. The first-order valence-electron chi connectivity index (χ1n) is 8.57. The summed E-state index contributed by atoms with van der Waals surface area (Å²) in [5.41, 5.74) is 1.59. The summed E-state index contributed by atoms with van der Waals surface area (Å²) in [6, 6.07) is 11.7. The van der Waals surface area contributed by atoms with Gasteiger partial charge in [-0.15, -0.1) is 0 Å². The van der Waals surface area contributed by atoms with Crippen LogP contribution in [0.3, 0.4) is 0 Å². The molecule has 0 aliphatic carbocycles.